The summed E-state index contributed by atoms with van der Waals surface area (Å²) in [7, 11) is -3.81. The Morgan fingerprint density at radius 2 is 1.77 bits per heavy atom. The van der Waals surface area contributed by atoms with E-state index in [4.69, 9.17) is 0 Å². The maximum atomic E-state index is 12.9. The first-order chi connectivity index (χ1) is 14.4. The van der Waals surface area contributed by atoms with Gasteiger partial charge in [-0.05, 0) is 63.1 Å². The third-order valence-electron chi connectivity index (χ3n) is 5.36. The van der Waals surface area contributed by atoms with Gasteiger partial charge in [-0.2, -0.15) is 4.72 Å². The number of amides is 1. The van der Waals surface area contributed by atoms with Crippen LogP contribution >= 0.6 is 0 Å². The van der Waals surface area contributed by atoms with Gasteiger partial charge in [0.05, 0.1) is 4.90 Å². The zero-order chi connectivity index (χ0) is 21.4. The highest BCUT2D eigenvalue weighted by molar-refractivity contribution is 7.89. The number of rotatable bonds is 9. The predicted octanol–water partition coefficient (Wildman–Crippen LogP) is 3.89. The van der Waals surface area contributed by atoms with Crippen LogP contribution in [-0.4, -0.2) is 26.9 Å². The van der Waals surface area contributed by atoms with Crippen molar-refractivity contribution < 1.29 is 13.2 Å². The van der Waals surface area contributed by atoms with Crippen LogP contribution in [-0.2, 0) is 21.2 Å². The Bertz CT molecular complexity index is 967. The van der Waals surface area contributed by atoms with Crippen molar-refractivity contribution in [2.45, 2.75) is 56.4 Å². The van der Waals surface area contributed by atoms with E-state index in [1.807, 2.05) is 37.3 Å². The molecule has 3 rings (SSSR count). The van der Waals surface area contributed by atoms with E-state index in [-0.39, 0.29) is 10.8 Å². The number of aryl methyl sites for hydroxylation is 1. The topological polar surface area (TPSA) is 75.3 Å². The van der Waals surface area contributed by atoms with Gasteiger partial charge in [-0.3, -0.25) is 4.79 Å². The Hall–Kier alpha value is -2.44. The maximum Gasteiger partial charge on any atom is 0.241 e. The fraction of sp³-hybridized carbons (Fsp3) is 0.375. The highest BCUT2D eigenvalue weighted by atomic mass is 32.2. The maximum absolute atomic E-state index is 12.9. The summed E-state index contributed by atoms with van der Waals surface area (Å²) in [6, 6.07) is 15.2. The molecule has 0 heterocycles. The molecule has 5 nitrogen and oxygen atoms in total. The molecule has 2 aromatic carbocycles. The summed E-state index contributed by atoms with van der Waals surface area (Å²) < 4.78 is 28.4. The number of carbonyl (C=O) groups is 1. The summed E-state index contributed by atoms with van der Waals surface area (Å²) in [6.07, 6.45) is 7.99. The molecule has 1 amide bonds. The van der Waals surface area contributed by atoms with Crippen molar-refractivity contribution in [3.05, 3.63) is 77.4 Å². The van der Waals surface area contributed by atoms with Crippen LogP contribution in [0.3, 0.4) is 0 Å². The standard InChI is InChI=1S/C24H30N2O3S/c1-19-12-14-22(15-13-19)30(28,29)26-23(18-21-10-6-3-7-11-21)24(27)25-17-16-20-8-4-2-5-9-20/h3,6-8,10-15,23,26H,2,4-5,9,16-18H2,1H3,(H,25,27). The molecule has 0 radical (unpaired) electrons. The monoisotopic (exact) mass is 426 g/mol. The minimum atomic E-state index is -3.81. The van der Waals surface area contributed by atoms with Gasteiger partial charge in [0, 0.05) is 6.54 Å². The molecule has 0 saturated heterocycles. The van der Waals surface area contributed by atoms with E-state index < -0.39 is 16.1 Å². The number of nitrogens with one attached hydrogen (secondary N) is 2. The molecule has 1 aliphatic carbocycles. The molecule has 1 unspecified atom stereocenters. The lowest BCUT2D eigenvalue weighted by Crippen LogP contribution is -2.48. The second-order valence-corrected chi connectivity index (χ2v) is 9.54. The number of hydrogen-bond acceptors (Lipinski definition) is 3. The Balaban J connectivity index is 1.69. The van der Waals surface area contributed by atoms with Crippen molar-refractivity contribution >= 4 is 15.9 Å². The van der Waals surface area contributed by atoms with Crippen molar-refractivity contribution in [3.8, 4) is 0 Å². The molecule has 30 heavy (non-hydrogen) atoms. The normalized spacial score (nSPS) is 15.3. The number of sulfonamides is 1. The van der Waals surface area contributed by atoms with Crippen molar-refractivity contribution in [3.63, 3.8) is 0 Å². The summed E-state index contributed by atoms with van der Waals surface area (Å²) >= 11 is 0. The van der Waals surface area contributed by atoms with E-state index in [0.29, 0.717) is 13.0 Å². The molecule has 2 aromatic rings. The van der Waals surface area contributed by atoms with E-state index in [2.05, 4.69) is 16.1 Å². The largest absolute Gasteiger partial charge is 0.354 e. The highest BCUT2D eigenvalue weighted by Crippen LogP contribution is 2.19. The molecular formula is C24H30N2O3S. The molecule has 0 bridgehead atoms. The van der Waals surface area contributed by atoms with Gasteiger partial charge >= 0.3 is 0 Å². The van der Waals surface area contributed by atoms with Crippen LogP contribution in [0.15, 0.2) is 71.1 Å². The van der Waals surface area contributed by atoms with E-state index >= 15 is 0 Å². The van der Waals surface area contributed by atoms with Gasteiger partial charge in [-0.15, -0.1) is 0 Å². The van der Waals surface area contributed by atoms with Crippen molar-refractivity contribution in [2.24, 2.45) is 0 Å². The molecule has 160 valence electrons. The van der Waals surface area contributed by atoms with Gasteiger partial charge < -0.3 is 5.32 Å². The van der Waals surface area contributed by atoms with Gasteiger partial charge in [-0.1, -0.05) is 59.7 Å². The Morgan fingerprint density at radius 3 is 2.43 bits per heavy atom. The van der Waals surface area contributed by atoms with Gasteiger partial charge in [0.25, 0.3) is 0 Å². The minimum absolute atomic E-state index is 0.159. The molecule has 6 heteroatoms. The third kappa shape index (κ3) is 6.54. The second-order valence-electron chi connectivity index (χ2n) is 7.83. The average molecular weight is 427 g/mol. The second kappa shape index (κ2) is 10.5. The van der Waals surface area contributed by atoms with Crippen LogP contribution in [0, 0.1) is 6.92 Å². The van der Waals surface area contributed by atoms with Gasteiger partial charge in [0.15, 0.2) is 0 Å². The summed E-state index contributed by atoms with van der Waals surface area (Å²) in [5, 5.41) is 2.93. The van der Waals surface area contributed by atoms with Gasteiger partial charge in [0.2, 0.25) is 15.9 Å². The van der Waals surface area contributed by atoms with Crippen LogP contribution in [0.4, 0.5) is 0 Å². The quantitative estimate of drug-likeness (QED) is 0.597. The smallest absolute Gasteiger partial charge is 0.241 e. The fourth-order valence-corrected chi connectivity index (χ4v) is 4.81. The number of allylic oxidation sites excluding steroid dienone is 1. The average Bonchev–Trinajstić information content (AvgIpc) is 2.75. The van der Waals surface area contributed by atoms with Gasteiger partial charge in [0.1, 0.15) is 6.04 Å². The Morgan fingerprint density at radius 1 is 1.03 bits per heavy atom. The summed E-state index contributed by atoms with van der Waals surface area (Å²) in [5.74, 6) is -0.300. The van der Waals surface area contributed by atoms with E-state index in [1.54, 1.807) is 24.3 Å². The number of carbonyl (C=O) groups excluding carboxylic acids is 1. The molecule has 0 aliphatic heterocycles. The van der Waals surface area contributed by atoms with Crippen LogP contribution in [0.5, 0.6) is 0 Å². The molecule has 0 spiro atoms. The SMILES string of the molecule is Cc1ccc(S(=O)(=O)NC(Cc2ccccc2)C(=O)NCCC2=CCCCC2)cc1. The fourth-order valence-electron chi connectivity index (χ4n) is 3.61. The molecule has 1 atom stereocenters. The lowest BCUT2D eigenvalue weighted by molar-refractivity contribution is -0.122. The zero-order valence-electron chi connectivity index (χ0n) is 17.4. The van der Waals surface area contributed by atoms with Crippen LogP contribution in [0.25, 0.3) is 0 Å². The van der Waals surface area contributed by atoms with Crippen molar-refractivity contribution in [1.82, 2.24) is 10.0 Å². The number of benzene rings is 2. The highest BCUT2D eigenvalue weighted by Gasteiger charge is 2.26. The molecule has 1 aliphatic rings. The summed E-state index contributed by atoms with van der Waals surface area (Å²) in [4.78, 5) is 13.1. The van der Waals surface area contributed by atoms with Gasteiger partial charge in [-0.25, -0.2) is 8.42 Å². The van der Waals surface area contributed by atoms with Crippen LogP contribution < -0.4 is 10.0 Å². The number of hydrogen-bond donors (Lipinski definition) is 2. The summed E-state index contributed by atoms with van der Waals surface area (Å²) in [5.41, 5.74) is 3.25. The van der Waals surface area contributed by atoms with E-state index in [9.17, 15) is 13.2 Å². The Labute approximate surface area is 179 Å². The van der Waals surface area contributed by atoms with Crippen molar-refractivity contribution in [1.29, 1.82) is 0 Å². The van der Waals surface area contributed by atoms with E-state index in [1.165, 1.54) is 18.4 Å². The lowest BCUT2D eigenvalue weighted by atomic mass is 9.97. The molecule has 0 saturated carbocycles. The molecule has 0 aromatic heterocycles. The van der Waals surface area contributed by atoms with E-state index in [0.717, 1.165) is 30.4 Å². The third-order valence-corrected chi connectivity index (χ3v) is 6.85. The summed E-state index contributed by atoms with van der Waals surface area (Å²) in [6.45, 7) is 2.42. The first kappa shape index (κ1) is 22.2. The predicted molar refractivity (Wildman–Crippen MR) is 120 cm³/mol. The Kier molecular flexibility index (Phi) is 7.82. The van der Waals surface area contributed by atoms with Crippen LogP contribution in [0.2, 0.25) is 0 Å². The van der Waals surface area contributed by atoms with Crippen molar-refractivity contribution in [2.75, 3.05) is 6.54 Å². The van der Waals surface area contributed by atoms with Crippen LogP contribution in [0.1, 0.15) is 43.2 Å². The zero-order valence-corrected chi connectivity index (χ0v) is 18.3. The molecule has 2 N–H and O–H groups in total. The first-order valence-corrected chi connectivity index (χ1v) is 12.0. The minimum Gasteiger partial charge on any atom is -0.354 e. The lowest BCUT2D eigenvalue weighted by Gasteiger charge is -2.19. The molecular weight excluding hydrogens is 396 g/mol. The first-order valence-electron chi connectivity index (χ1n) is 10.5. The molecule has 0 fully saturated rings.